The summed E-state index contributed by atoms with van der Waals surface area (Å²) in [5, 5.41) is 0.926. The molecular formula is C30H47O2PS. The summed E-state index contributed by atoms with van der Waals surface area (Å²) in [4.78, 5) is 0.498. The third-order valence-corrected chi connectivity index (χ3v) is 11.3. The van der Waals surface area contributed by atoms with Crippen molar-refractivity contribution in [3.63, 3.8) is 0 Å². The van der Waals surface area contributed by atoms with Gasteiger partial charge in [0.05, 0.1) is 4.90 Å². The first-order valence-electron chi connectivity index (χ1n) is 12.6. The second kappa shape index (κ2) is 10.1. The second-order valence-electron chi connectivity index (χ2n) is 12.6. The molecule has 0 aliphatic heterocycles. The van der Waals surface area contributed by atoms with Crippen molar-refractivity contribution >= 4 is 23.1 Å². The molecule has 0 saturated carbocycles. The Bertz CT molecular complexity index is 1080. The Hall–Kier alpha value is -1.18. The molecule has 0 saturated heterocycles. The van der Waals surface area contributed by atoms with Crippen LogP contribution in [0, 0.1) is 0 Å². The van der Waals surface area contributed by atoms with Gasteiger partial charge < -0.3 is 0 Å². The van der Waals surface area contributed by atoms with E-state index in [1.807, 2.05) is 12.1 Å². The molecule has 0 radical (unpaired) electrons. The van der Waals surface area contributed by atoms with Crippen LogP contribution in [0.15, 0.2) is 35.2 Å². The number of hydrogen-bond acceptors (Lipinski definition) is 2. The molecule has 0 bridgehead atoms. The Kier molecular flexibility index (Phi) is 8.59. The number of hydrogen-bond donors (Lipinski definition) is 0. The second-order valence-corrected chi connectivity index (χ2v) is 18.4. The monoisotopic (exact) mass is 502 g/mol. The zero-order chi connectivity index (χ0) is 26.4. The van der Waals surface area contributed by atoms with Crippen molar-refractivity contribution < 1.29 is 8.42 Å². The third kappa shape index (κ3) is 6.14. The van der Waals surface area contributed by atoms with Crippen LogP contribution in [0.2, 0.25) is 0 Å². The Morgan fingerprint density at radius 1 is 0.735 bits per heavy atom. The van der Waals surface area contributed by atoms with Gasteiger partial charge in [-0.05, 0) is 61.9 Å². The van der Waals surface area contributed by atoms with E-state index in [0.29, 0.717) is 22.6 Å². The number of benzene rings is 2. The molecule has 190 valence electrons. The van der Waals surface area contributed by atoms with Gasteiger partial charge in [0.25, 0.3) is 0 Å². The molecule has 2 nitrogen and oxygen atoms in total. The van der Waals surface area contributed by atoms with Crippen molar-refractivity contribution in [2.45, 2.75) is 116 Å². The van der Waals surface area contributed by atoms with Gasteiger partial charge in [-0.2, -0.15) is 0 Å². The first-order valence-corrected chi connectivity index (χ1v) is 15.8. The largest absolute Gasteiger partial charge is 0.224 e. The van der Waals surface area contributed by atoms with Crippen molar-refractivity contribution in [1.29, 1.82) is 0 Å². The van der Waals surface area contributed by atoms with Crippen LogP contribution in [0.5, 0.6) is 0 Å². The standard InChI is InChI=1S/C30H47O2PS/c1-19(2)22-17-24(20(3)4)27(25(18-22)21(5)6)23-15-14-16-26(34(13,31)32)28(23)33(29(7,8)9)30(10,11)12/h14-21H,1-13H3. The molecule has 34 heavy (non-hydrogen) atoms. The van der Waals surface area contributed by atoms with E-state index in [1.54, 1.807) is 0 Å². The van der Waals surface area contributed by atoms with E-state index in [1.165, 1.54) is 28.5 Å². The summed E-state index contributed by atoms with van der Waals surface area (Å²) in [6.07, 6.45) is 1.36. The van der Waals surface area contributed by atoms with Gasteiger partial charge in [-0.15, -0.1) is 0 Å². The highest BCUT2D eigenvalue weighted by atomic mass is 32.2. The van der Waals surface area contributed by atoms with Gasteiger partial charge in [0, 0.05) is 11.6 Å². The lowest BCUT2D eigenvalue weighted by atomic mass is 9.82. The summed E-state index contributed by atoms with van der Waals surface area (Å²) >= 11 is 0. The van der Waals surface area contributed by atoms with Crippen LogP contribution in [0.25, 0.3) is 11.1 Å². The van der Waals surface area contributed by atoms with Crippen LogP contribution in [-0.2, 0) is 9.84 Å². The van der Waals surface area contributed by atoms with Crippen molar-refractivity contribution in [3.05, 3.63) is 47.0 Å². The molecule has 2 rings (SSSR count). The maximum Gasteiger partial charge on any atom is 0.176 e. The fraction of sp³-hybridized carbons (Fsp3) is 0.600. The predicted molar refractivity (Wildman–Crippen MR) is 153 cm³/mol. The van der Waals surface area contributed by atoms with E-state index in [9.17, 15) is 8.42 Å². The van der Waals surface area contributed by atoms with Gasteiger partial charge in [0.1, 0.15) is 0 Å². The maximum absolute atomic E-state index is 13.2. The summed E-state index contributed by atoms with van der Waals surface area (Å²) in [6, 6.07) is 10.7. The quantitative estimate of drug-likeness (QED) is 0.370. The minimum atomic E-state index is -3.40. The normalized spacial score (nSPS) is 13.6. The first kappa shape index (κ1) is 29.1. The van der Waals surface area contributed by atoms with E-state index in [0.717, 1.165) is 10.9 Å². The molecule has 0 unspecified atom stereocenters. The van der Waals surface area contributed by atoms with Crippen LogP contribution in [0.1, 0.15) is 118 Å². The van der Waals surface area contributed by atoms with Gasteiger partial charge in [0.2, 0.25) is 0 Å². The number of rotatable bonds is 6. The molecule has 0 aliphatic carbocycles. The molecule has 4 heteroatoms. The summed E-state index contributed by atoms with van der Waals surface area (Å²) in [7, 11) is -4.23. The summed E-state index contributed by atoms with van der Waals surface area (Å²) in [6.45, 7) is 27.1. The molecule has 0 atom stereocenters. The van der Waals surface area contributed by atoms with Crippen LogP contribution < -0.4 is 5.30 Å². The smallest absolute Gasteiger partial charge is 0.176 e. The molecular weight excluding hydrogens is 455 g/mol. The molecule has 0 aromatic heterocycles. The van der Waals surface area contributed by atoms with Crippen LogP contribution in [0.3, 0.4) is 0 Å². The fourth-order valence-corrected chi connectivity index (χ4v) is 10.8. The molecule has 0 heterocycles. The molecule has 0 N–H and O–H groups in total. The third-order valence-electron chi connectivity index (χ3n) is 6.37. The van der Waals surface area contributed by atoms with Crippen LogP contribution >= 0.6 is 7.92 Å². The summed E-state index contributed by atoms with van der Waals surface area (Å²) in [5.74, 6) is 1.10. The fourth-order valence-electron chi connectivity index (χ4n) is 5.20. The predicted octanol–water partition coefficient (Wildman–Crippen LogP) is 8.83. The lowest BCUT2D eigenvalue weighted by Gasteiger charge is -2.43. The average Bonchev–Trinajstić information content (AvgIpc) is 2.63. The van der Waals surface area contributed by atoms with Gasteiger partial charge in [0.15, 0.2) is 9.84 Å². The van der Waals surface area contributed by atoms with Crippen molar-refractivity contribution in [3.8, 4) is 11.1 Å². The van der Waals surface area contributed by atoms with Gasteiger partial charge >= 0.3 is 0 Å². The topological polar surface area (TPSA) is 34.1 Å². The zero-order valence-corrected chi connectivity index (χ0v) is 25.5. The Balaban J connectivity index is 3.22. The Morgan fingerprint density at radius 3 is 1.50 bits per heavy atom. The highest BCUT2D eigenvalue weighted by Gasteiger charge is 2.40. The SMILES string of the molecule is CC(C)c1cc(C(C)C)c(-c2cccc(S(C)(=O)=O)c2P(C(C)(C)C)C(C)(C)C)c(C(C)C)c1. The summed E-state index contributed by atoms with van der Waals surface area (Å²) in [5.41, 5.74) is 6.35. The lowest BCUT2D eigenvalue weighted by molar-refractivity contribution is 0.602. The van der Waals surface area contributed by atoms with Crippen LogP contribution in [0.4, 0.5) is 0 Å². The van der Waals surface area contributed by atoms with Gasteiger partial charge in [-0.1, -0.05) is 115 Å². The maximum atomic E-state index is 13.2. The number of sulfone groups is 1. The Morgan fingerprint density at radius 2 is 1.18 bits per heavy atom. The highest BCUT2D eigenvalue weighted by molar-refractivity contribution is 7.91. The minimum absolute atomic E-state index is 0.0585. The van der Waals surface area contributed by atoms with E-state index in [-0.39, 0.29) is 10.3 Å². The highest BCUT2D eigenvalue weighted by Crippen LogP contribution is 2.60. The molecule has 0 amide bonds. The molecule has 2 aromatic rings. The van der Waals surface area contributed by atoms with E-state index >= 15 is 0 Å². The van der Waals surface area contributed by atoms with E-state index < -0.39 is 17.8 Å². The molecule has 0 fully saturated rings. The first-order chi connectivity index (χ1) is 15.3. The van der Waals surface area contributed by atoms with E-state index in [2.05, 4.69) is 101 Å². The van der Waals surface area contributed by atoms with Gasteiger partial charge in [-0.3, -0.25) is 0 Å². The van der Waals surface area contributed by atoms with Crippen LogP contribution in [-0.4, -0.2) is 25.0 Å². The van der Waals surface area contributed by atoms with Crippen molar-refractivity contribution in [2.75, 3.05) is 6.26 Å². The average molecular weight is 503 g/mol. The minimum Gasteiger partial charge on any atom is -0.224 e. The summed E-state index contributed by atoms with van der Waals surface area (Å²) < 4.78 is 26.4. The Labute approximate surface area is 211 Å². The van der Waals surface area contributed by atoms with E-state index in [4.69, 9.17) is 0 Å². The van der Waals surface area contributed by atoms with Gasteiger partial charge in [-0.25, -0.2) is 8.42 Å². The van der Waals surface area contributed by atoms with Crippen molar-refractivity contribution in [2.24, 2.45) is 0 Å². The zero-order valence-electron chi connectivity index (χ0n) is 23.8. The lowest BCUT2D eigenvalue weighted by Crippen LogP contribution is -2.34. The molecule has 2 aromatic carbocycles. The molecule has 0 spiro atoms. The molecule has 0 aliphatic rings. The van der Waals surface area contributed by atoms with Crippen molar-refractivity contribution in [1.82, 2.24) is 0 Å².